The summed E-state index contributed by atoms with van der Waals surface area (Å²) in [6.45, 7) is 3.34. The Bertz CT molecular complexity index is 1750. The fourth-order valence-electron chi connectivity index (χ4n) is 5.05. The maximum Gasteiger partial charge on any atom is 0.264 e. The number of benzene rings is 4. The van der Waals surface area contributed by atoms with E-state index in [9.17, 15) is 18.0 Å². The molecule has 0 saturated carbocycles. The largest absolute Gasteiger partial charge is 0.497 e. The minimum absolute atomic E-state index is 0.0362. The van der Waals surface area contributed by atoms with Gasteiger partial charge in [-0.25, -0.2) is 8.42 Å². The molecule has 2 atom stereocenters. The van der Waals surface area contributed by atoms with Gasteiger partial charge in [0.25, 0.3) is 10.0 Å². The molecular weight excluding hydrogens is 682 g/mol. The smallest absolute Gasteiger partial charge is 0.264 e. The van der Waals surface area contributed by atoms with Crippen LogP contribution in [0.1, 0.15) is 31.4 Å². The Hall–Kier alpha value is -4.35. The van der Waals surface area contributed by atoms with E-state index >= 15 is 0 Å². The lowest BCUT2D eigenvalue weighted by Gasteiger charge is -2.34. The Morgan fingerprint density at radius 3 is 2.15 bits per heavy atom. The molecule has 0 heterocycles. The van der Waals surface area contributed by atoms with E-state index < -0.39 is 28.5 Å². The van der Waals surface area contributed by atoms with Crippen molar-refractivity contribution in [3.8, 4) is 11.5 Å². The summed E-state index contributed by atoms with van der Waals surface area (Å²) in [4.78, 5) is 30.1. The van der Waals surface area contributed by atoms with E-state index in [0.29, 0.717) is 12.2 Å². The van der Waals surface area contributed by atoms with Gasteiger partial charge in [0.2, 0.25) is 11.8 Å². The normalized spacial score (nSPS) is 12.4. The predicted molar refractivity (Wildman–Crippen MR) is 187 cm³/mol. The van der Waals surface area contributed by atoms with Crippen LogP contribution >= 0.6 is 15.9 Å². The van der Waals surface area contributed by atoms with Crippen LogP contribution in [0.4, 0.5) is 5.69 Å². The molecule has 248 valence electrons. The second-order valence-corrected chi connectivity index (χ2v) is 13.8. The summed E-state index contributed by atoms with van der Waals surface area (Å²) in [6.07, 6.45) is 0.924. The van der Waals surface area contributed by atoms with Gasteiger partial charge in [0.1, 0.15) is 24.1 Å². The molecule has 0 aliphatic rings. The quantitative estimate of drug-likeness (QED) is 0.156. The maximum absolute atomic E-state index is 14.7. The van der Waals surface area contributed by atoms with Crippen LogP contribution in [0.2, 0.25) is 0 Å². The van der Waals surface area contributed by atoms with Gasteiger partial charge in [0.15, 0.2) is 0 Å². The van der Waals surface area contributed by atoms with Gasteiger partial charge < -0.3 is 19.7 Å². The van der Waals surface area contributed by atoms with Crippen LogP contribution < -0.4 is 19.1 Å². The first-order valence-electron chi connectivity index (χ1n) is 15.2. The molecule has 0 unspecified atom stereocenters. The van der Waals surface area contributed by atoms with Crippen molar-refractivity contribution in [2.45, 2.75) is 50.2 Å². The number of methoxy groups -OCH3 is 2. The van der Waals surface area contributed by atoms with E-state index in [2.05, 4.69) is 21.2 Å². The lowest BCUT2D eigenvalue weighted by atomic mass is 10.0. The molecular formula is C36H40BrN3O6S. The summed E-state index contributed by atoms with van der Waals surface area (Å²) in [5.41, 5.74) is 1.81. The van der Waals surface area contributed by atoms with Crippen molar-refractivity contribution >= 4 is 43.5 Å². The van der Waals surface area contributed by atoms with E-state index in [0.717, 1.165) is 19.9 Å². The molecule has 0 bridgehead atoms. The number of sulfonamides is 1. The van der Waals surface area contributed by atoms with Gasteiger partial charge in [0, 0.05) is 23.5 Å². The Morgan fingerprint density at radius 1 is 0.851 bits per heavy atom. The number of amides is 2. The number of rotatable bonds is 15. The molecule has 2 amide bonds. The Balaban J connectivity index is 1.84. The zero-order chi connectivity index (χ0) is 34.0. The first kappa shape index (κ1) is 35.5. The number of carbonyl (C=O) groups excluding carboxylic acids is 2. The zero-order valence-electron chi connectivity index (χ0n) is 26.9. The molecule has 4 aromatic carbocycles. The Kier molecular flexibility index (Phi) is 12.4. The second kappa shape index (κ2) is 16.5. The Morgan fingerprint density at radius 2 is 1.51 bits per heavy atom. The third-order valence-electron chi connectivity index (χ3n) is 7.79. The van der Waals surface area contributed by atoms with Gasteiger partial charge in [0.05, 0.1) is 24.8 Å². The molecule has 47 heavy (non-hydrogen) atoms. The highest BCUT2D eigenvalue weighted by atomic mass is 79.9. The molecule has 11 heteroatoms. The SMILES string of the molecule is CC[C@H](C)NC(=O)[C@@H](Cc1ccccc1)N(Cc1cccc(Br)c1)C(=O)CN(c1ccccc1OC)S(=O)(=O)c1ccc(OC)cc1. The second-order valence-electron chi connectivity index (χ2n) is 11.0. The van der Waals surface area contributed by atoms with Crippen molar-refractivity contribution in [3.63, 3.8) is 0 Å². The van der Waals surface area contributed by atoms with E-state index in [1.54, 1.807) is 36.4 Å². The minimum Gasteiger partial charge on any atom is -0.497 e. The first-order valence-corrected chi connectivity index (χ1v) is 17.5. The van der Waals surface area contributed by atoms with E-state index in [-0.39, 0.29) is 41.2 Å². The van der Waals surface area contributed by atoms with Gasteiger partial charge in [-0.1, -0.05) is 77.5 Å². The van der Waals surface area contributed by atoms with E-state index in [4.69, 9.17) is 9.47 Å². The van der Waals surface area contributed by atoms with Crippen molar-refractivity contribution in [2.24, 2.45) is 0 Å². The number of hydrogen-bond acceptors (Lipinski definition) is 6. The van der Waals surface area contributed by atoms with Crippen molar-refractivity contribution in [1.29, 1.82) is 0 Å². The number of anilines is 1. The van der Waals surface area contributed by atoms with Crippen LogP contribution in [0.3, 0.4) is 0 Å². The molecule has 1 N–H and O–H groups in total. The highest BCUT2D eigenvalue weighted by Gasteiger charge is 2.35. The molecule has 4 aromatic rings. The van der Waals surface area contributed by atoms with Crippen molar-refractivity contribution in [3.05, 3.63) is 119 Å². The number of carbonyl (C=O) groups is 2. The van der Waals surface area contributed by atoms with Crippen LogP contribution in [0.5, 0.6) is 11.5 Å². The summed E-state index contributed by atoms with van der Waals surface area (Å²) in [5.74, 6) is -0.131. The zero-order valence-corrected chi connectivity index (χ0v) is 29.3. The van der Waals surface area contributed by atoms with Crippen LogP contribution in [-0.4, -0.2) is 58.0 Å². The fraction of sp³-hybridized carbons (Fsp3) is 0.278. The predicted octanol–water partition coefficient (Wildman–Crippen LogP) is 6.22. The lowest BCUT2D eigenvalue weighted by molar-refractivity contribution is -0.140. The number of hydrogen-bond donors (Lipinski definition) is 1. The van der Waals surface area contributed by atoms with Crippen molar-refractivity contribution in [1.82, 2.24) is 10.2 Å². The average Bonchev–Trinajstić information content (AvgIpc) is 3.08. The topological polar surface area (TPSA) is 105 Å². The third-order valence-corrected chi connectivity index (χ3v) is 10.1. The summed E-state index contributed by atoms with van der Waals surface area (Å²) in [6, 6.07) is 28.4. The number of halogens is 1. The van der Waals surface area contributed by atoms with Gasteiger partial charge in [-0.15, -0.1) is 0 Å². The molecule has 0 aliphatic carbocycles. The Labute approximate surface area is 285 Å². The van der Waals surface area contributed by atoms with Crippen molar-refractivity contribution < 1.29 is 27.5 Å². The van der Waals surface area contributed by atoms with E-state index in [1.165, 1.54) is 31.3 Å². The lowest BCUT2D eigenvalue weighted by Crippen LogP contribution is -2.54. The van der Waals surface area contributed by atoms with Crippen molar-refractivity contribution in [2.75, 3.05) is 25.1 Å². The standard InChI is InChI=1S/C36H40BrN3O6S/c1-5-26(2)38-36(42)33(23-27-12-7-6-8-13-27)39(24-28-14-11-15-29(37)22-28)35(41)25-40(32-16-9-10-17-34(32)46-4)47(43,44)31-20-18-30(45-3)19-21-31/h6-22,26,33H,5,23-25H2,1-4H3,(H,38,42)/t26-,33+/m0/s1. The maximum atomic E-state index is 14.7. The number of para-hydroxylation sites is 2. The van der Waals surface area contributed by atoms with Gasteiger partial charge in [-0.05, 0) is 73.0 Å². The molecule has 9 nitrogen and oxygen atoms in total. The summed E-state index contributed by atoms with van der Waals surface area (Å²) >= 11 is 3.51. The average molecular weight is 723 g/mol. The molecule has 0 saturated heterocycles. The molecule has 0 fully saturated rings. The van der Waals surface area contributed by atoms with Crippen LogP contribution in [0.15, 0.2) is 112 Å². The summed E-state index contributed by atoms with van der Waals surface area (Å²) in [7, 11) is -1.37. The number of nitrogens with one attached hydrogen (secondary N) is 1. The summed E-state index contributed by atoms with van der Waals surface area (Å²) in [5, 5.41) is 3.05. The molecule has 0 aliphatic heterocycles. The number of ether oxygens (including phenoxy) is 2. The first-order chi connectivity index (χ1) is 22.6. The monoisotopic (exact) mass is 721 g/mol. The fourth-order valence-corrected chi connectivity index (χ4v) is 6.92. The minimum atomic E-state index is -4.31. The third kappa shape index (κ3) is 9.14. The molecule has 4 rings (SSSR count). The summed E-state index contributed by atoms with van der Waals surface area (Å²) < 4.78 is 41.2. The van der Waals surface area contributed by atoms with Gasteiger partial charge in [-0.3, -0.25) is 13.9 Å². The number of nitrogens with zero attached hydrogens (tertiary/aromatic N) is 2. The molecule has 0 radical (unpaired) electrons. The van der Waals surface area contributed by atoms with Crippen LogP contribution in [-0.2, 0) is 32.6 Å². The highest BCUT2D eigenvalue weighted by Crippen LogP contribution is 2.33. The van der Waals surface area contributed by atoms with Gasteiger partial charge in [-0.2, -0.15) is 0 Å². The molecule has 0 spiro atoms. The van der Waals surface area contributed by atoms with Gasteiger partial charge >= 0.3 is 0 Å². The van der Waals surface area contributed by atoms with Crippen LogP contribution in [0.25, 0.3) is 0 Å². The molecule has 0 aromatic heterocycles. The van der Waals surface area contributed by atoms with Crippen LogP contribution in [0, 0.1) is 0 Å². The van der Waals surface area contributed by atoms with E-state index in [1.807, 2.05) is 68.4 Å². The highest BCUT2D eigenvalue weighted by molar-refractivity contribution is 9.10.